The molecule has 1 aliphatic rings. The molecule has 3 atom stereocenters. The van der Waals surface area contributed by atoms with Crippen LogP contribution in [0.4, 0.5) is 40.3 Å². The van der Waals surface area contributed by atoms with Gasteiger partial charge in [-0.25, -0.2) is 14.5 Å². The average molecular weight is 853 g/mol. The van der Waals surface area contributed by atoms with E-state index in [1.807, 2.05) is 12.1 Å². The SMILES string of the molecule is Cn1ncnc1[C@H]1c2n[nH]c(=O)c3cc(F)cc(c23)NC1c1ccc(NC(=O)CCCCCNc2ccc(OCC(C)(O)C(=O)Nc3ccc(C#N)c(C(F)(F)F)c3)cc2)cc1. The van der Waals surface area contributed by atoms with Crippen molar-refractivity contribution in [3.63, 3.8) is 0 Å². The molecule has 1 aliphatic heterocycles. The first-order chi connectivity index (χ1) is 29.6. The molecule has 0 saturated heterocycles. The van der Waals surface area contributed by atoms with E-state index in [0.29, 0.717) is 59.5 Å². The maximum absolute atomic E-state index is 14.6. The van der Waals surface area contributed by atoms with Gasteiger partial charge < -0.3 is 31.1 Å². The first-order valence-electron chi connectivity index (χ1n) is 19.5. The molecule has 0 bridgehead atoms. The molecule has 4 aromatic carbocycles. The molecule has 0 saturated carbocycles. The third kappa shape index (κ3) is 9.50. The van der Waals surface area contributed by atoms with Crippen molar-refractivity contribution >= 4 is 45.3 Å². The molecule has 2 amide bonds. The number of anilines is 4. The van der Waals surface area contributed by atoms with E-state index in [-0.39, 0.29) is 17.0 Å². The minimum absolute atomic E-state index is 0.139. The highest BCUT2D eigenvalue weighted by Crippen LogP contribution is 2.46. The van der Waals surface area contributed by atoms with Gasteiger partial charge >= 0.3 is 6.18 Å². The van der Waals surface area contributed by atoms with Gasteiger partial charge in [0.1, 0.15) is 30.3 Å². The molecule has 6 aromatic rings. The van der Waals surface area contributed by atoms with Crippen LogP contribution in [-0.4, -0.2) is 60.6 Å². The number of aromatic nitrogens is 5. The van der Waals surface area contributed by atoms with E-state index < -0.39 is 58.8 Å². The second kappa shape index (κ2) is 17.7. The predicted octanol–water partition coefficient (Wildman–Crippen LogP) is 6.76. The van der Waals surface area contributed by atoms with E-state index in [4.69, 9.17) is 10.00 Å². The van der Waals surface area contributed by atoms with Crippen LogP contribution in [0.5, 0.6) is 5.75 Å². The zero-order valence-electron chi connectivity index (χ0n) is 33.3. The van der Waals surface area contributed by atoms with Gasteiger partial charge in [-0.1, -0.05) is 18.6 Å². The highest BCUT2D eigenvalue weighted by atomic mass is 19.4. The minimum Gasteiger partial charge on any atom is -0.490 e. The van der Waals surface area contributed by atoms with Gasteiger partial charge in [-0.3, -0.25) is 19.1 Å². The van der Waals surface area contributed by atoms with E-state index in [1.54, 1.807) is 48.1 Å². The predicted molar refractivity (Wildman–Crippen MR) is 221 cm³/mol. The van der Waals surface area contributed by atoms with Crippen molar-refractivity contribution in [3.05, 3.63) is 130 Å². The Hall–Kier alpha value is -7.33. The fourth-order valence-electron chi connectivity index (χ4n) is 7.17. The van der Waals surface area contributed by atoms with Crippen molar-refractivity contribution in [1.29, 1.82) is 5.26 Å². The molecule has 2 aromatic heterocycles. The summed E-state index contributed by atoms with van der Waals surface area (Å²) in [7, 11) is 1.76. The molecule has 19 heteroatoms. The molecular weight excluding hydrogens is 813 g/mol. The molecule has 0 fully saturated rings. The Morgan fingerprint density at radius 3 is 2.39 bits per heavy atom. The summed E-state index contributed by atoms with van der Waals surface area (Å²) in [6.07, 6.45) is -0.845. The molecule has 3 heterocycles. The van der Waals surface area contributed by atoms with Crippen molar-refractivity contribution < 1.29 is 37.0 Å². The van der Waals surface area contributed by atoms with Gasteiger partial charge in [-0.15, -0.1) is 0 Å². The summed E-state index contributed by atoms with van der Waals surface area (Å²) >= 11 is 0. The van der Waals surface area contributed by atoms with Crippen LogP contribution >= 0.6 is 0 Å². The number of aliphatic hydroxyl groups is 1. The van der Waals surface area contributed by atoms with Crippen LogP contribution in [0.2, 0.25) is 0 Å². The highest BCUT2D eigenvalue weighted by Gasteiger charge is 2.38. The van der Waals surface area contributed by atoms with E-state index >= 15 is 0 Å². The molecule has 62 heavy (non-hydrogen) atoms. The Bertz CT molecular complexity index is 2710. The van der Waals surface area contributed by atoms with Gasteiger partial charge in [0.15, 0.2) is 5.60 Å². The molecule has 0 aliphatic carbocycles. The number of hydrogen-bond acceptors (Lipinski definition) is 11. The number of H-pyrrole nitrogens is 1. The van der Waals surface area contributed by atoms with Gasteiger partial charge in [0.05, 0.1) is 40.2 Å². The smallest absolute Gasteiger partial charge is 0.417 e. The summed E-state index contributed by atoms with van der Waals surface area (Å²) in [5, 5.41) is 43.3. The number of nitrogens with zero attached hydrogens (tertiary/aromatic N) is 5. The van der Waals surface area contributed by atoms with Gasteiger partial charge in [0.2, 0.25) is 5.91 Å². The van der Waals surface area contributed by atoms with Gasteiger partial charge in [-0.05, 0) is 92.1 Å². The number of carbonyl (C=O) groups is 2. The summed E-state index contributed by atoms with van der Waals surface area (Å²) in [4.78, 5) is 42.5. The number of rotatable bonds is 15. The largest absolute Gasteiger partial charge is 0.490 e. The topological polar surface area (TPSA) is 212 Å². The fraction of sp³-hybridized carbons (Fsp3) is 0.279. The molecular formula is C43H40F4N10O5. The first kappa shape index (κ1) is 42.8. The zero-order valence-corrected chi connectivity index (χ0v) is 33.3. The van der Waals surface area contributed by atoms with Crippen molar-refractivity contribution in [2.24, 2.45) is 7.05 Å². The Morgan fingerprint density at radius 2 is 1.69 bits per heavy atom. The molecule has 0 spiro atoms. The number of nitriles is 1. The Morgan fingerprint density at radius 1 is 0.968 bits per heavy atom. The van der Waals surface area contributed by atoms with Crippen LogP contribution in [0.1, 0.15) is 72.8 Å². The minimum atomic E-state index is -4.81. The summed E-state index contributed by atoms with van der Waals surface area (Å²) < 4.78 is 61.7. The summed E-state index contributed by atoms with van der Waals surface area (Å²) in [5.74, 6) is -1.26. The lowest BCUT2D eigenvalue weighted by atomic mass is 9.83. The quantitative estimate of drug-likeness (QED) is 0.0469. The van der Waals surface area contributed by atoms with Crippen molar-refractivity contribution in [1.82, 2.24) is 25.0 Å². The Kier molecular flexibility index (Phi) is 12.2. The third-order valence-electron chi connectivity index (χ3n) is 10.4. The number of aryl methyl sites for hydroxylation is 1. The summed E-state index contributed by atoms with van der Waals surface area (Å²) in [6.45, 7) is 1.30. The lowest BCUT2D eigenvalue weighted by molar-refractivity contribution is -0.138. The number of halogens is 4. The van der Waals surface area contributed by atoms with E-state index in [2.05, 4.69) is 41.5 Å². The monoisotopic (exact) mass is 852 g/mol. The van der Waals surface area contributed by atoms with E-state index in [0.717, 1.165) is 43.1 Å². The average Bonchev–Trinajstić information content (AvgIpc) is 3.67. The molecule has 320 valence electrons. The number of alkyl halides is 3. The number of unbranched alkanes of at least 4 members (excludes halogenated alkanes) is 2. The summed E-state index contributed by atoms with van der Waals surface area (Å²) in [6, 6.07) is 20.3. The van der Waals surface area contributed by atoms with Crippen molar-refractivity contribution in [2.75, 3.05) is 34.4 Å². The second-order valence-corrected chi connectivity index (χ2v) is 15.0. The normalized spacial score (nSPS) is 15.5. The maximum Gasteiger partial charge on any atom is 0.417 e. The fourth-order valence-corrected chi connectivity index (χ4v) is 7.17. The number of hydrogen-bond donors (Lipinski definition) is 6. The van der Waals surface area contributed by atoms with Crippen LogP contribution in [0.15, 0.2) is 90.0 Å². The van der Waals surface area contributed by atoms with E-state index in [1.165, 1.54) is 24.5 Å². The second-order valence-electron chi connectivity index (χ2n) is 15.0. The van der Waals surface area contributed by atoms with Crippen LogP contribution < -0.4 is 31.6 Å². The third-order valence-corrected chi connectivity index (χ3v) is 10.4. The molecule has 2 unspecified atom stereocenters. The summed E-state index contributed by atoms with van der Waals surface area (Å²) in [5.41, 5.74) is -1.48. The van der Waals surface area contributed by atoms with Gasteiger partial charge in [-0.2, -0.15) is 28.6 Å². The number of aromatic amines is 1. The van der Waals surface area contributed by atoms with Crippen molar-refractivity contribution in [2.45, 2.75) is 56.3 Å². The van der Waals surface area contributed by atoms with Crippen LogP contribution in [0.25, 0.3) is 10.8 Å². The standard InChI is InChI=1S/C43H40F4N10O5/c1-42(61,41(60)53-29-12-9-25(21-48)32(20-29)43(45,46)47)22-62-30-15-13-27(14-16-30)49-17-5-3-4-6-34(58)52-28-10-7-24(8-11-28)37-36(39-50-23-51-57(39)2)38-35-31(40(59)56-55-38)18-26(44)19-33(35)54-37/h7-16,18-20,23,36-37,49,54,61H,3-6,17,22H2,1-2H3,(H,52,58)(H,53,60)(H,56,59)/t36-,37?,42?/m1/s1. The Balaban J connectivity index is 0.844. The number of carbonyl (C=O) groups excluding carboxylic acids is 2. The molecule has 7 rings (SSSR count). The van der Waals surface area contributed by atoms with E-state index in [9.17, 15) is 37.1 Å². The van der Waals surface area contributed by atoms with Gasteiger partial charge in [0, 0.05) is 48.1 Å². The van der Waals surface area contributed by atoms with Gasteiger partial charge in [0.25, 0.3) is 11.5 Å². The number of benzene rings is 4. The number of ether oxygens (including phenoxy) is 1. The van der Waals surface area contributed by atoms with Crippen LogP contribution in [0.3, 0.4) is 0 Å². The van der Waals surface area contributed by atoms with Crippen LogP contribution in [0, 0.1) is 17.1 Å². The maximum atomic E-state index is 14.6. The lowest BCUT2D eigenvalue weighted by Gasteiger charge is -2.33. The highest BCUT2D eigenvalue weighted by molar-refractivity contribution is 5.98. The van der Waals surface area contributed by atoms with Crippen LogP contribution in [-0.2, 0) is 22.8 Å². The molecule has 6 N–H and O–H groups in total. The zero-order chi connectivity index (χ0) is 44.2. The lowest BCUT2D eigenvalue weighted by Crippen LogP contribution is -2.45. The first-order valence-corrected chi connectivity index (χ1v) is 19.5. The molecule has 0 radical (unpaired) electrons. The van der Waals surface area contributed by atoms with Crippen molar-refractivity contribution in [3.8, 4) is 11.8 Å². The Labute approximate surface area is 351 Å². The number of amides is 2. The number of nitrogens with one attached hydrogen (secondary N) is 5. The molecule has 15 nitrogen and oxygen atoms in total.